The van der Waals surface area contributed by atoms with E-state index in [0.717, 1.165) is 30.9 Å². The lowest BCUT2D eigenvalue weighted by Gasteiger charge is -2.40. The first-order chi connectivity index (χ1) is 22.1. The van der Waals surface area contributed by atoms with Crippen molar-refractivity contribution in [3.8, 4) is 17.0 Å². The molecule has 1 amide bonds. The Morgan fingerprint density at radius 2 is 1.80 bits per heavy atom. The molecular formula is C34H43N5O7. The number of benzene rings is 2. The fourth-order valence-corrected chi connectivity index (χ4v) is 6.83. The van der Waals surface area contributed by atoms with Crippen LogP contribution in [0.5, 0.6) is 5.75 Å². The molecule has 2 aromatic carbocycles. The molecule has 1 unspecified atom stereocenters. The summed E-state index contributed by atoms with van der Waals surface area (Å²) in [6.07, 6.45) is 4.56. The molecule has 1 N–H and O–H groups in total. The third-order valence-electron chi connectivity index (χ3n) is 8.85. The maximum atomic E-state index is 13.0. The summed E-state index contributed by atoms with van der Waals surface area (Å²) in [5, 5.41) is 11.8. The van der Waals surface area contributed by atoms with Gasteiger partial charge in [0.1, 0.15) is 36.4 Å². The number of carbonyl (C=O) groups is 1. The lowest BCUT2D eigenvalue weighted by Crippen LogP contribution is -2.60. The quantitative estimate of drug-likeness (QED) is 0.362. The molecule has 4 aliphatic heterocycles. The Bertz CT molecular complexity index is 1540. The van der Waals surface area contributed by atoms with Gasteiger partial charge < -0.3 is 33.7 Å². The van der Waals surface area contributed by atoms with Crippen molar-refractivity contribution in [1.29, 1.82) is 0 Å². The molecule has 0 saturated carbocycles. The summed E-state index contributed by atoms with van der Waals surface area (Å²) in [7, 11) is 0. The van der Waals surface area contributed by atoms with Gasteiger partial charge >= 0.3 is 0 Å². The highest BCUT2D eigenvalue weighted by atomic mass is 16.9. The van der Waals surface area contributed by atoms with E-state index in [0.29, 0.717) is 30.2 Å². The molecule has 0 bridgehead atoms. The maximum absolute atomic E-state index is 13.0. The normalized spacial score (nSPS) is 28.4. The summed E-state index contributed by atoms with van der Waals surface area (Å²) in [6, 6.07) is 14.8. The average Bonchev–Trinajstić information content (AvgIpc) is 3.70. The number of anilines is 1. The number of rotatable bonds is 9. The van der Waals surface area contributed by atoms with Crippen LogP contribution in [0.3, 0.4) is 0 Å². The fourth-order valence-electron chi connectivity index (χ4n) is 6.83. The number of carbonyl (C=O) groups excluding carboxylic acids is 1. The van der Waals surface area contributed by atoms with Crippen molar-refractivity contribution >= 4 is 11.6 Å². The molecule has 12 heteroatoms. The van der Waals surface area contributed by atoms with Gasteiger partial charge in [0.25, 0.3) is 5.91 Å². The lowest BCUT2D eigenvalue weighted by atomic mass is 9.97. The van der Waals surface area contributed by atoms with Crippen LogP contribution in [-0.2, 0) is 30.2 Å². The van der Waals surface area contributed by atoms with E-state index < -0.39 is 23.5 Å². The zero-order chi connectivity index (χ0) is 31.9. The molecule has 246 valence electrons. The Hall–Kier alpha value is -3.39. The van der Waals surface area contributed by atoms with Crippen molar-refractivity contribution in [1.82, 2.24) is 19.9 Å². The van der Waals surface area contributed by atoms with Crippen LogP contribution in [0.2, 0.25) is 0 Å². The van der Waals surface area contributed by atoms with Crippen LogP contribution in [-0.4, -0.2) is 94.3 Å². The Labute approximate surface area is 269 Å². The van der Waals surface area contributed by atoms with Crippen molar-refractivity contribution in [2.24, 2.45) is 0 Å². The van der Waals surface area contributed by atoms with Gasteiger partial charge in [0, 0.05) is 23.4 Å². The second kappa shape index (κ2) is 12.3. The van der Waals surface area contributed by atoms with E-state index in [4.69, 9.17) is 28.4 Å². The van der Waals surface area contributed by atoms with Gasteiger partial charge in [-0.25, -0.2) is 4.68 Å². The molecule has 12 nitrogen and oxygen atoms in total. The third kappa shape index (κ3) is 6.69. The summed E-state index contributed by atoms with van der Waals surface area (Å²) in [5.41, 5.74) is 2.64. The molecule has 0 spiro atoms. The molecule has 5 heterocycles. The van der Waals surface area contributed by atoms with Crippen molar-refractivity contribution in [3.05, 3.63) is 60.3 Å². The second-order valence-corrected chi connectivity index (χ2v) is 13.4. The Morgan fingerprint density at radius 1 is 1.00 bits per heavy atom. The standard InChI is InChI=1S/C34H43N5O7/c1-32(2)43-28-21-42-34(30(29(28)44-32)45-33(3,4)46-34)22-39-20-27(36-37-39)24-9-8-10-25(19-24)35-31(40)23-11-13-26(14-12-23)41-18-17-38-15-6-5-7-16-38/h8-14,19-20,28-30H,5-7,15-18,21-22H2,1-4H3,(H,35,40)/t28-,29?,30+,34+/m1/s1. The number of hydrogen-bond donors (Lipinski definition) is 1. The van der Waals surface area contributed by atoms with Crippen LogP contribution in [0.4, 0.5) is 5.69 Å². The molecule has 0 aliphatic carbocycles. The number of amides is 1. The summed E-state index contributed by atoms with van der Waals surface area (Å²) in [6.45, 7) is 11.9. The summed E-state index contributed by atoms with van der Waals surface area (Å²) in [4.78, 5) is 15.5. The lowest BCUT2D eigenvalue weighted by molar-refractivity contribution is -0.288. The molecule has 1 aromatic heterocycles. The smallest absolute Gasteiger partial charge is 0.255 e. The molecule has 4 fully saturated rings. The zero-order valence-corrected chi connectivity index (χ0v) is 26.9. The van der Waals surface area contributed by atoms with E-state index in [1.807, 2.05) is 70.3 Å². The van der Waals surface area contributed by atoms with E-state index in [-0.39, 0.29) is 24.7 Å². The van der Waals surface area contributed by atoms with E-state index in [1.165, 1.54) is 19.3 Å². The van der Waals surface area contributed by atoms with Crippen molar-refractivity contribution in [2.75, 3.05) is 38.2 Å². The zero-order valence-electron chi connectivity index (χ0n) is 26.9. The highest BCUT2D eigenvalue weighted by molar-refractivity contribution is 6.04. The first-order valence-corrected chi connectivity index (χ1v) is 16.2. The molecule has 7 rings (SSSR count). The first-order valence-electron chi connectivity index (χ1n) is 16.2. The number of nitrogens with zero attached hydrogens (tertiary/aromatic N) is 4. The minimum atomic E-state index is -1.12. The first kappa shape index (κ1) is 31.2. The number of nitrogens with one attached hydrogen (secondary N) is 1. The third-order valence-corrected chi connectivity index (χ3v) is 8.85. The topological polar surface area (TPSA) is 118 Å². The van der Waals surface area contributed by atoms with Crippen molar-refractivity contribution in [3.63, 3.8) is 0 Å². The highest BCUT2D eigenvalue weighted by Gasteiger charge is 2.65. The van der Waals surface area contributed by atoms with Gasteiger partial charge in [-0.15, -0.1) is 5.10 Å². The van der Waals surface area contributed by atoms with Gasteiger partial charge in [-0.05, 0) is 90.0 Å². The maximum Gasteiger partial charge on any atom is 0.255 e. The predicted octanol–water partition coefficient (Wildman–Crippen LogP) is 4.46. The molecular weight excluding hydrogens is 590 g/mol. The number of fused-ring (bicyclic) bond motifs is 3. The van der Waals surface area contributed by atoms with Crippen LogP contribution < -0.4 is 10.1 Å². The number of likely N-dealkylation sites (tertiary alicyclic amines) is 1. The number of ether oxygens (including phenoxy) is 6. The molecule has 4 aliphatic rings. The van der Waals surface area contributed by atoms with Gasteiger partial charge in [0.2, 0.25) is 5.79 Å². The van der Waals surface area contributed by atoms with Gasteiger partial charge in [-0.2, -0.15) is 0 Å². The number of piperidine rings is 1. The average molecular weight is 634 g/mol. The van der Waals surface area contributed by atoms with Crippen LogP contribution in [0, 0.1) is 0 Å². The van der Waals surface area contributed by atoms with Crippen LogP contribution in [0.25, 0.3) is 11.3 Å². The van der Waals surface area contributed by atoms with E-state index in [2.05, 4.69) is 20.5 Å². The van der Waals surface area contributed by atoms with E-state index in [9.17, 15) is 4.79 Å². The van der Waals surface area contributed by atoms with Gasteiger partial charge in [-0.1, -0.05) is 23.8 Å². The predicted molar refractivity (Wildman–Crippen MR) is 168 cm³/mol. The Balaban J connectivity index is 0.981. The molecule has 3 aromatic rings. The highest BCUT2D eigenvalue weighted by Crippen LogP contribution is 2.48. The fraction of sp³-hybridized carbons (Fsp3) is 0.559. The molecule has 4 saturated heterocycles. The van der Waals surface area contributed by atoms with Crippen LogP contribution >= 0.6 is 0 Å². The van der Waals surface area contributed by atoms with E-state index in [1.54, 1.807) is 16.8 Å². The van der Waals surface area contributed by atoms with Crippen molar-refractivity contribution < 1.29 is 33.2 Å². The summed E-state index contributed by atoms with van der Waals surface area (Å²) < 4.78 is 38.8. The Morgan fingerprint density at radius 3 is 2.61 bits per heavy atom. The van der Waals surface area contributed by atoms with Crippen LogP contribution in [0.1, 0.15) is 57.3 Å². The second-order valence-electron chi connectivity index (χ2n) is 13.4. The SMILES string of the molecule is CC1(C)OC2[C@@H](CO[C@@]3(Cn4cc(-c5cccc(NC(=O)c6ccc(OCCN7CCCCC7)cc6)c5)nn4)OC(C)(C)O[C@@H]23)O1. The van der Waals surface area contributed by atoms with Gasteiger partial charge in [0.15, 0.2) is 11.6 Å². The summed E-state index contributed by atoms with van der Waals surface area (Å²) >= 11 is 0. The van der Waals surface area contributed by atoms with E-state index >= 15 is 0 Å². The number of aromatic nitrogens is 3. The monoisotopic (exact) mass is 633 g/mol. The van der Waals surface area contributed by atoms with Gasteiger partial charge in [0.05, 0.1) is 19.3 Å². The largest absolute Gasteiger partial charge is 0.492 e. The number of hydrogen-bond acceptors (Lipinski definition) is 10. The van der Waals surface area contributed by atoms with Crippen molar-refractivity contribution in [2.45, 2.75) is 89.2 Å². The molecule has 0 radical (unpaired) electrons. The Kier molecular flexibility index (Phi) is 8.37. The minimum Gasteiger partial charge on any atom is -0.492 e. The summed E-state index contributed by atoms with van der Waals surface area (Å²) in [5.74, 6) is -2.19. The minimum absolute atomic E-state index is 0.208. The molecule has 46 heavy (non-hydrogen) atoms. The van der Waals surface area contributed by atoms with Gasteiger partial charge in [-0.3, -0.25) is 9.69 Å². The molecule has 4 atom stereocenters. The van der Waals surface area contributed by atoms with Crippen LogP contribution in [0.15, 0.2) is 54.7 Å².